The fraction of sp³-hybridized carbons (Fsp3) is 0.538. The van der Waals surface area contributed by atoms with Crippen LogP contribution in [-0.2, 0) is 9.84 Å². The molecule has 0 amide bonds. The Kier molecular flexibility index (Phi) is 4.24. The third-order valence-electron chi connectivity index (χ3n) is 3.13. The van der Waals surface area contributed by atoms with Crippen LogP contribution in [0.4, 0.5) is 0 Å². The summed E-state index contributed by atoms with van der Waals surface area (Å²) in [6.45, 7) is 4.67. The van der Waals surface area contributed by atoms with Gasteiger partial charge in [-0.15, -0.1) is 0 Å². The van der Waals surface area contributed by atoms with Crippen molar-refractivity contribution in [3.63, 3.8) is 0 Å². The zero-order valence-corrected chi connectivity index (χ0v) is 11.4. The molecule has 1 fully saturated rings. The maximum Gasteiger partial charge on any atom is 0.152 e. The van der Waals surface area contributed by atoms with Crippen LogP contribution in [0.15, 0.2) is 24.3 Å². The lowest BCUT2D eigenvalue weighted by Crippen LogP contribution is -2.42. The molecule has 0 aliphatic carbocycles. The molecule has 1 aromatic rings. The van der Waals surface area contributed by atoms with Gasteiger partial charge in [0.1, 0.15) is 12.4 Å². The minimum absolute atomic E-state index is 0.275. The molecule has 5 heteroatoms. The summed E-state index contributed by atoms with van der Waals surface area (Å²) in [6.07, 6.45) is 0. The lowest BCUT2D eigenvalue weighted by atomic mass is 10.2. The minimum Gasteiger partial charge on any atom is -0.492 e. The first-order chi connectivity index (χ1) is 8.55. The second kappa shape index (κ2) is 5.71. The Balaban J connectivity index is 1.71. The minimum atomic E-state index is -2.78. The average molecular weight is 269 g/mol. The number of ether oxygens (including phenoxy) is 1. The first kappa shape index (κ1) is 13.4. The quantitative estimate of drug-likeness (QED) is 0.821. The van der Waals surface area contributed by atoms with E-state index in [2.05, 4.69) is 4.90 Å². The average Bonchev–Trinajstić information content (AvgIpc) is 2.34. The second-order valence-corrected chi connectivity index (χ2v) is 6.96. The lowest BCUT2D eigenvalue weighted by molar-refractivity contribution is 0.219. The summed E-state index contributed by atoms with van der Waals surface area (Å²) in [5.41, 5.74) is 1.21. The van der Waals surface area contributed by atoms with Crippen LogP contribution in [0.25, 0.3) is 0 Å². The molecule has 0 radical (unpaired) electrons. The predicted octanol–water partition coefficient (Wildman–Crippen LogP) is 1.10. The van der Waals surface area contributed by atoms with Crippen molar-refractivity contribution in [1.29, 1.82) is 0 Å². The van der Waals surface area contributed by atoms with Crippen LogP contribution in [0.1, 0.15) is 5.56 Å². The van der Waals surface area contributed by atoms with Gasteiger partial charge in [-0.05, 0) is 19.1 Å². The topological polar surface area (TPSA) is 46.6 Å². The molecule has 18 heavy (non-hydrogen) atoms. The summed E-state index contributed by atoms with van der Waals surface area (Å²) in [6, 6.07) is 7.94. The molecule has 0 aromatic heterocycles. The second-order valence-electron chi connectivity index (χ2n) is 4.65. The molecule has 0 spiro atoms. The molecule has 0 atom stereocenters. The molecule has 1 aliphatic rings. The number of sulfone groups is 1. The van der Waals surface area contributed by atoms with E-state index in [1.54, 1.807) is 0 Å². The molecular weight excluding hydrogens is 250 g/mol. The summed E-state index contributed by atoms with van der Waals surface area (Å²) in [5.74, 6) is 1.42. The van der Waals surface area contributed by atoms with Gasteiger partial charge in [-0.3, -0.25) is 4.90 Å². The van der Waals surface area contributed by atoms with Gasteiger partial charge in [-0.2, -0.15) is 0 Å². The molecule has 1 heterocycles. The maximum atomic E-state index is 11.3. The van der Waals surface area contributed by atoms with Gasteiger partial charge in [0.25, 0.3) is 0 Å². The fourth-order valence-corrected chi connectivity index (χ4v) is 3.18. The van der Waals surface area contributed by atoms with Gasteiger partial charge >= 0.3 is 0 Å². The van der Waals surface area contributed by atoms with Crippen LogP contribution >= 0.6 is 0 Å². The molecule has 2 rings (SSSR count). The van der Waals surface area contributed by atoms with Crippen molar-refractivity contribution in [3.05, 3.63) is 29.8 Å². The largest absolute Gasteiger partial charge is 0.492 e. The Morgan fingerprint density at radius 2 is 1.78 bits per heavy atom. The first-order valence-electron chi connectivity index (χ1n) is 6.17. The molecule has 1 saturated heterocycles. The lowest BCUT2D eigenvalue weighted by Gasteiger charge is -2.26. The number of hydrogen-bond acceptors (Lipinski definition) is 4. The third kappa shape index (κ3) is 3.99. The number of rotatable bonds is 4. The van der Waals surface area contributed by atoms with Crippen LogP contribution < -0.4 is 4.74 Å². The van der Waals surface area contributed by atoms with Crippen molar-refractivity contribution in [2.75, 3.05) is 37.7 Å². The molecule has 4 nitrogen and oxygen atoms in total. The van der Waals surface area contributed by atoms with E-state index in [0.29, 0.717) is 19.7 Å². The van der Waals surface area contributed by atoms with E-state index in [0.717, 1.165) is 12.3 Å². The maximum absolute atomic E-state index is 11.3. The van der Waals surface area contributed by atoms with E-state index < -0.39 is 9.84 Å². The normalized spacial score (nSPS) is 19.6. The predicted molar refractivity (Wildman–Crippen MR) is 71.8 cm³/mol. The number of hydrogen-bond donors (Lipinski definition) is 0. The fourth-order valence-electron chi connectivity index (χ4n) is 1.90. The van der Waals surface area contributed by atoms with E-state index in [-0.39, 0.29) is 11.5 Å². The highest BCUT2D eigenvalue weighted by atomic mass is 32.2. The molecule has 1 aromatic carbocycles. The van der Waals surface area contributed by atoms with Gasteiger partial charge < -0.3 is 4.74 Å². The van der Waals surface area contributed by atoms with Crippen molar-refractivity contribution in [1.82, 2.24) is 4.90 Å². The summed E-state index contributed by atoms with van der Waals surface area (Å²) < 4.78 is 28.2. The van der Waals surface area contributed by atoms with Crippen molar-refractivity contribution < 1.29 is 13.2 Å². The van der Waals surface area contributed by atoms with Crippen LogP contribution in [0.5, 0.6) is 5.75 Å². The molecular formula is C13H19NO3S. The van der Waals surface area contributed by atoms with Crippen LogP contribution in [-0.4, -0.2) is 51.1 Å². The highest BCUT2D eigenvalue weighted by Crippen LogP contribution is 2.11. The Hall–Kier alpha value is -1.07. The van der Waals surface area contributed by atoms with E-state index in [1.807, 2.05) is 31.2 Å². The van der Waals surface area contributed by atoms with E-state index in [1.165, 1.54) is 5.56 Å². The zero-order chi connectivity index (χ0) is 13.0. The molecule has 0 unspecified atom stereocenters. The van der Waals surface area contributed by atoms with E-state index in [9.17, 15) is 8.42 Å². The van der Waals surface area contributed by atoms with E-state index in [4.69, 9.17) is 4.74 Å². The Labute approximate surface area is 108 Å². The Morgan fingerprint density at radius 3 is 2.39 bits per heavy atom. The van der Waals surface area contributed by atoms with Crippen molar-refractivity contribution in [2.45, 2.75) is 6.92 Å². The highest BCUT2D eigenvalue weighted by molar-refractivity contribution is 7.91. The van der Waals surface area contributed by atoms with Crippen molar-refractivity contribution in [2.24, 2.45) is 0 Å². The van der Waals surface area contributed by atoms with Crippen molar-refractivity contribution in [3.8, 4) is 5.75 Å². The van der Waals surface area contributed by atoms with Gasteiger partial charge in [-0.25, -0.2) is 8.42 Å². The Morgan fingerprint density at radius 1 is 1.17 bits per heavy atom. The molecule has 0 saturated carbocycles. The number of benzene rings is 1. The summed E-state index contributed by atoms with van der Waals surface area (Å²) >= 11 is 0. The van der Waals surface area contributed by atoms with Gasteiger partial charge in [0.2, 0.25) is 0 Å². The van der Waals surface area contributed by atoms with E-state index >= 15 is 0 Å². The highest BCUT2D eigenvalue weighted by Gasteiger charge is 2.20. The van der Waals surface area contributed by atoms with Crippen LogP contribution in [0.3, 0.4) is 0 Å². The standard InChI is InChI=1S/C13H19NO3S/c1-12-2-4-13(5-3-12)17-9-6-14-7-10-18(15,16)11-8-14/h2-5H,6-11H2,1H3. The summed E-state index contributed by atoms with van der Waals surface area (Å²) in [7, 11) is -2.78. The van der Waals surface area contributed by atoms with Crippen LogP contribution in [0, 0.1) is 6.92 Å². The molecule has 0 N–H and O–H groups in total. The first-order valence-corrected chi connectivity index (χ1v) is 7.99. The van der Waals surface area contributed by atoms with Crippen molar-refractivity contribution >= 4 is 9.84 Å². The van der Waals surface area contributed by atoms with Gasteiger partial charge in [0.15, 0.2) is 9.84 Å². The third-order valence-corrected chi connectivity index (χ3v) is 4.74. The monoisotopic (exact) mass is 269 g/mol. The SMILES string of the molecule is Cc1ccc(OCCN2CCS(=O)(=O)CC2)cc1. The van der Waals surface area contributed by atoms with Gasteiger partial charge in [0, 0.05) is 19.6 Å². The van der Waals surface area contributed by atoms with Gasteiger partial charge in [0.05, 0.1) is 11.5 Å². The number of aryl methyl sites for hydroxylation is 1. The molecule has 0 bridgehead atoms. The number of nitrogens with zero attached hydrogens (tertiary/aromatic N) is 1. The van der Waals surface area contributed by atoms with Crippen LogP contribution in [0.2, 0.25) is 0 Å². The van der Waals surface area contributed by atoms with Gasteiger partial charge in [-0.1, -0.05) is 17.7 Å². The molecule has 100 valence electrons. The smallest absolute Gasteiger partial charge is 0.152 e. The molecule has 1 aliphatic heterocycles. The zero-order valence-electron chi connectivity index (χ0n) is 10.6. The summed E-state index contributed by atoms with van der Waals surface area (Å²) in [4.78, 5) is 2.13. The Bertz CT molecular complexity index is 467. The summed E-state index contributed by atoms with van der Waals surface area (Å²) in [5, 5.41) is 0.